The molecule has 0 aromatic carbocycles. The summed E-state index contributed by atoms with van der Waals surface area (Å²) in [6.07, 6.45) is 2.67. The van der Waals surface area contributed by atoms with Gasteiger partial charge in [-0.1, -0.05) is 0 Å². The molecule has 3 heteroatoms. The van der Waals surface area contributed by atoms with Crippen LogP contribution in [-0.2, 0) is 11.1 Å². The summed E-state index contributed by atoms with van der Waals surface area (Å²) in [5.41, 5.74) is 0. The largest absolute Gasteiger partial charge is 0.306 e. The Morgan fingerprint density at radius 2 is 2.00 bits per heavy atom. The molecule has 0 aliphatic carbocycles. The fourth-order valence-electron chi connectivity index (χ4n) is 0. The van der Waals surface area contributed by atoms with Gasteiger partial charge in [-0.2, -0.15) is 0 Å². The molecular weight excluding hydrogens is 76.1 g/mol. The summed E-state index contributed by atoms with van der Waals surface area (Å²) in [5, 5.41) is 0. The lowest BCUT2D eigenvalue weighted by Crippen LogP contribution is -1.67. The molecule has 0 fully saturated rings. The highest BCUT2D eigenvalue weighted by Crippen LogP contribution is 1.52. The summed E-state index contributed by atoms with van der Waals surface area (Å²) in [4.78, 5) is 0. The molecule has 0 unspecified atom stereocenters. The molecule has 0 aromatic rings. The molecule has 0 aromatic heterocycles. The summed E-state index contributed by atoms with van der Waals surface area (Å²) in [6, 6.07) is 0. The van der Waals surface area contributed by atoms with E-state index in [1.165, 1.54) is 0 Å². The van der Waals surface area contributed by atoms with Gasteiger partial charge in [-0.25, -0.2) is 4.21 Å². The Morgan fingerprint density at radius 3 is 2.00 bits per heavy atom. The molecule has 1 N–H and O–H groups in total. The van der Waals surface area contributed by atoms with Crippen molar-refractivity contribution in [3.63, 3.8) is 0 Å². The van der Waals surface area contributed by atoms with E-state index in [0.29, 0.717) is 0 Å². The second-order valence-electron chi connectivity index (χ2n) is 0.321. The van der Waals surface area contributed by atoms with E-state index in [1.54, 1.807) is 0 Å². The molecule has 1 radical (unpaired) electrons. The van der Waals surface area contributed by atoms with E-state index in [4.69, 9.17) is 8.76 Å². The maximum Gasteiger partial charge on any atom is 0.153 e. The van der Waals surface area contributed by atoms with Crippen molar-refractivity contribution < 1.29 is 8.76 Å². The van der Waals surface area contributed by atoms with E-state index in [-0.39, 0.29) is 0 Å². The van der Waals surface area contributed by atoms with Crippen molar-refractivity contribution in [3.8, 4) is 0 Å². The van der Waals surface area contributed by atoms with Crippen LogP contribution in [0.2, 0.25) is 0 Å². The van der Waals surface area contributed by atoms with Crippen LogP contribution in [0.15, 0.2) is 0 Å². The average Bonchev–Trinajstić information content (AvgIpc) is 0.811. The van der Waals surface area contributed by atoms with Crippen LogP contribution >= 0.6 is 0 Å². The predicted octanol–water partition coefficient (Wildman–Crippen LogP) is -0.000310. The van der Waals surface area contributed by atoms with Crippen LogP contribution in [-0.4, -0.2) is 8.76 Å². The summed E-state index contributed by atoms with van der Waals surface area (Å²) >= 11 is -1.86. The van der Waals surface area contributed by atoms with Crippen LogP contribution in [0, 0.1) is 6.26 Å². The van der Waals surface area contributed by atoms with E-state index in [0.717, 1.165) is 0 Å². The highest BCUT2D eigenvalue weighted by molar-refractivity contribution is 7.80. The molecular formula is CH3O2S. The standard InChI is InChI=1S/CH3O2S/c1-4(2)3/h1H2,(H,2,3). The van der Waals surface area contributed by atoms with Gasteiger partial charge in [0.2, 0.25) is 0 Å². The van der Waals surface area contributed by atoms with Crippen LogP contribution in [0.25, 0.3) is 0 Å². The Kier molecular flexibility index (Phi) is 1.47. The summed E-state index contributed by atoms with van der Waals surface area (Å²) in [6.45, 7) is 0. The predicted molar refractivity (Wildman–Crippen MR) is 16.1 cm³/mol. The number of hydrogen-bond acceptors (Lipinski definition) is 1. The number of hydrogen-bond donors (Lipinski definition) is 1. The first-order valence-corrected chi connectivity index (χ1v) is 1.91. The quantitative estimate of drug-likeness (QED) is 0.415. The lowest BCUT2D eigenvalue weighted by molar-refractivity contribution is 0.574. The third kappa shape index (κ3) is 215. The first kappa shape index (κ1) is 4.11. The third-order valence-corrected chi connectivity index (χ3v) is 0. The molecule has 4 heavy (non-hydrogen) atoms. The van der Waals surface area contributed by atoms with Gasteiger partial charge in [-0.3, -0.25) is 0 Å². The maximum atomic E-state index is 9.00. The first-order valence-electron chi connectivity index (χ1n) is 0.638. The SMILES string of the molecule is [CH2][S@](=O)O. The van der Waals surface area contributed by atoms with Crippen LogP contribution in [0.3, 0.4) is 0 Å². The Morgan fingerprint density at radius 1 is 2.00 bits per heavy atom. The summed E-state index contributed by atoms with van der Waals surface area (Å²) < 4.78 is 16.4. The molecule has 0 spiro atoms. The lowest BCUT2D eigenvalue weighted by atomic mass is 12.0. The van der Waals surface area contributed by atoms with Gasteiger partial charge in [0, 0.05) is 0 Å². The van der Waals surface area contributed by atoms with Gasteiger partial charge in [0.05, 0.1) is 6.26 Å². The van der Waals surface area contributed by atoms with Gasteiger partial charge in [0.15, 0.2) is 11.1 Å². The summed E-state index contributed by atoms with van der Waals surface area (Å²) in [7, 11) is 0. The Balaban J connectivity index is 2.80. The van der Waals surface area contributed by atoms with Crippen LogP contribution in [0.5, 0.6) is 0 Å². The van der Waals surface area contributed by atoms with Gasteiger partial charge >= 0.3 is 0 Å². The van der Waals surface area contributed by atoms with E-state index < -0.39 is 11.1 Å². The maximum absolute atomic E-state index is 9.00. The van der Waals surface area contributed by atoms with E-state index >= 15 is 0 Å². The van der Waals surface area contributed by atoms with Crippen molar-refractivity contribution in [2.45, 2.75) is 0 Å². The molecule has 0 saturated heterocycles. The van der Waals surface area contributed by atoms with Crippen molar-refractivity contribution >= 4 is 11.1 Å². The van der Waals surface area contributed by atoms with Crippen molar-refractivity contribution in [1.82, 2.24) is 0 Å². The van der Waals surface area contributed by atoms with Crippen LogP contribution in [0.4, 0.5) is 0 Å². The molecule has 0 saturated carbocycles. The molecule has 0 aliphatic rings. The zero-order valence-corrected chi connectivity index (χ0v) is 2.79. The molecule has 0 aliphatic heterocycles. The minimum atomic E-state index is -1.86. The fourth-order valence-corrected chi connectivity index (χ4v) is 0. The molecule has 0 bridgehead atoms. The van der Waals surface area contributed by atoms with E-state index in [2.05, 4.69) is 6.26 Å². The van der Waals surface area contributed by atoms with E-state index in [1.807, 2.05) is 0 Å². The summed E-state index contributed by atoms with van der Waals surface area (Å²) in [5.74, 6) is 0. The molecule has 25 valence electrons. The normalized spacial score (nSPS) is 15.5. The molecule has 0 rings (SSSR count). The third-order valence-electron chi connectivity index (χ3n) is 0. The van der Waals surface area contributed by atoms with Crippen LogP contribution in [0.1, 0.15) is 0 Å². The highest BCUT2D eigenvalue weighted by Gasteiger charge is 1.60. The molecule has 0 heterocycles. The fraction of sp³-hybridized carbons (Fsp3) is 0. The topological polar surface area (TPSA) is 37.3 Å². The second-order valence-corrected chi connectivity index (χ2v) is 0.964. The Bertz CT molecular complexity index is 29.0. The van der Waals surface area contributed by atoms with Gasteiger partial charge in [0.1, 0.15) is 0 Å². The van der Waals surface area contributed by atoms with Crippen molar-refractivity contribution in [2.24, 2.45) is 0 Å². The Hall–Kier alpha value is 0.110. The number of rotatable bonds is 0. The minimum Gasteiger partial charge on any atom is -0.306 e. The van der Waals surface area contributed by atoms with Gasteiger partial charge in [0.25, 0.3) is 0 Å². The average molecular weight is 79.1 g/mol. The second kappa shape index (κ2) is 1.43. The monoisotopic (exact) mass is 79.0 g/mol. The van der Waals surface area contributed by atoms with Gasteiger partial charge < -0.3 is 4.55 Å². The van der Waals surface area contributed by atoms with Crippen molar-refractivity contribution in [2.75, 3.05) is 0 Å². The highest BCUT2D eigenvalue weighted by atomic mass is 32.2. The van der Waals surface area contributed by atoms with E-state index in [9.17, 15) is 0 Å². The molecule has 2 nitrogen and oxygen atoms in total. The lowest BCUT2D eigenvalue weighted by Gasteiger charge is -1.59. The molecule has 1 atom stereocenters. The van der Waals surface area contributed by atoms with Crippen molar-refractivity contribution in [1.29, 1.82) is 0 Å². The zero-order valence-electron chi connectivity index (χ0n) is 1.97. The zero-order chi connectivity index (χ0) is 3.58. The van der Waals surface area contributed by atoms with Gasteiger partial charge in [-0.15, -0.1) is 0 Å². The molecule has 0 amide bonds. The minimum absolute atomic E-state index is 1.86. The van der Waals surface area contributed by atoms with Gasteiger partial charge in [-0.05, 0) is 0 Å². The van der Waals surface area contributed by atoms with Crippen molar-refractivity contribution in [3.05, 3.63) is 6.26 Å². The Labute approximate surface area is 27.1 Å². The first-order chi connectivity index (χ1) is 1.73. The van der Waals surface area contributed by atoms with Crippen LogP contribution < -0.4 is 0 Å². The smallest absolute Gasteiger partial charge is 0.153 e.